The first-order chi connectivity index (χ1) is 14.1. The smallest absolute Gasteiger partial charge is 0.461 e. The van der Waals surface area contributed by atoms with Crippen LogP contribution in [0.25, 0.3) is 0 Å². The number of hydrogen-bond acceptors (Lipinski definition) is 9. The molecule has 168 valence electrons. The van der Waals surface area contributed by atoms with Crippen molar-refractivity contribution < 1.29 is 34.1 Å². The number of fused-ring (bicyclic) bond motifs is 1. The molecule has 3 aliphatic heterocycles. The van der Waals surface area contributed by atoms with Gasteiger partial charge in [-0.1, -0.05) is 6.92 Å². The number of ether oxygens (including phenoxy) is 2. The highest BCUT2D eigenvalue weighted by Gasteiger charge is 2.60. The predicted octanol–water partition coefficient (Wildman–Crippen LogP) is 0.452. The summed E-state index contributed by atoms with van der Waals surface area (Å²) in [5.74, 6) is -1.32. The Kier molecular flexibility index (Phi) is 6.95. The molecule has 0 aromatic heterocycles. The van der Waals surface area contributed by atoms with Crippen molar-refractivity contribution in [2.45, 2.75) is 63.2 Å². The molecule has 3 rings (SSSR count). The maximum atomic E-state index is 12.5. The number of carbonyl (C=O) groups excluding carboxylic acids is 2. The summed E-state index contributed by atoms with van der Waals surface area (Å²) >= 11 is 1.50. The average Bonchev–Trinajstić information content (AvgIpc) is 3.16. The van der Waals surface area contributed by atoms with E-state index in [0.29, 0.717) is 17.9 Å². The number of carboxylic acid groups (broad SMARTS) is 1. The first-order valence-corrected chi connectivity index (χ1v) is 10.9. The molecule has 0 aromatic rings. The van der Waals surface area contributed by atoms with Crippen molar-refractivity contribution in [3.05, 3.63) is 10.8 Å². The van der Waals surface area contributed by atoms with Gasteiger partial charge in [-0.15, -0.1) is 11.8 Å². The molecule has 2 fully saturated rings. The van der Waals surface area contributed by atoms with Crippen LogP contribution < -0.4 is 11.1 Å². The average molecular weight is 444 g/mol. The summed E-state index contributed by atoms with van der Waals surface area (Å²) in [7, 11) is 0. The Morgan fingerprint density at radius 1 is 1.43 bits per heavy atom. The van der Waals surface area contributed by atoms with Gasteiger partial charge in [-0.2, -0.15) is 0 Å². The van der Waals surface area contributed by atoms with Crippen LogP contribution in [0.3, 0.4) is 0 Å². The molecule has 7 atom stereocenters. The normalized spacial score (nSPS) is 32.5. The van der Waals surface area contributed by atoms with E-state index in [2.05, 4.69) is 5.32 Å². The second-order valence-electron chi connectivity index (χ2n) is 8.07. The fraction of sp³-hybridized carbons (Fsp3) is 0.737. The fourth-order valence-corrected chi connectivity index (χ4v) is 6.04. The molecule has 5 N–H and O–H groups in total. The lowest BCUT2D eigenvalue weighted by atomic mass is 9.79. The predicted molar refractivity (Wildman–Crippen MR) is 108 cm³/mol. The van der Waals surface area contributed by atoms with Gasteiger partial charge in [0.05, 0.1) is 23.0 Å². The molecule has 0 saturated carbocycles. The van der Waals surface area contributed by atoms with Gasteiger partial charge < -0.3 is 30.7 Å². The third-order valence-electron chi connectivity index (χ3n) is 5.87. The van der Waals surface area contributed by atoms with E-state index >= 15 is 0 Å². The van der Waals surface area contributed by atoms with Gasteiger partial charge in [0.2, 0.25) is 11.8 Å². The summed E-state index contributed by atoms with van der Waals surface area (Å²) < 4.78 is 10.2. The number of amides is 1. The molecule has 0 radical (unpaired) electrons. The van der Waals surface area contributed by atoms with Crippen LogP contribution >= 0.6 is 11.8 Å². The Bertz CT molecular complexity index is 744. The minimum Gasteiger partial charge on any atom is -0.461 e. The minimum absolute atomic E-state index is 0.0649. The van der Waals surface area contributed by atoms with E-state index < -0.39 is 18.2 Å². The zero-order chi connectivity index (χ0) is 22.2. The largest absolute Gasteiger partial charge is 0.512 e. The maximum absolute atomic E-state index is 12.5. The zero-order valence-electron chi connectivity index (χ0n) is 17.2. The number of aliphatic hydroxyl groups excluding tert-OH is 1. The standard InChI is InChI=1S/C19H29N3O7S/c1-8-15-14(9(2)23)17(25)22(15)18(29-19(26)27)16(8)30-13-5-11(21-7-13)4-12(6-20)28-10(3)24/h8-9,11-15,21,23H,4-7,20H2,1-3H3,(H,26,27)/t8-,9-,11-,12?,13+,14-,15+/m1/s1. The summed E-state index contributed by atoms with van der Waals surface area (Å²) in [5, 5.41) is 22.6. The highest BCUT2D eigenvalue weighted by atomic mass is 32.2. The lowest BCUT2D eigenvalue weighted by Gasteiger charge is -2.45. The highest BCUT2D eigenvalue weighted by Crippen LogP contribution is 2.52. The molecule has 0 spiro atoms. The number of rotatable bonds is 8. The third kappa shape index (κ3) is 4.43. The van der Waals surface area contributed by atoms with Crippen molar-refractivity contribution in [1.29, 1.82) is 0 Å². The van der Waals surface area contributed by atoms with Gasteiger partial charge in [-0.3, -0.25) is 14.5 Å². The number of carbonyl (C=O) groups is 3. The van der Waals surface area contributed by atoms with E-state index in [1.807, 2.05) is 6.92 Å². The molecular weight excluding hydrogens is 414 g/mol. The van der Waals surface area contributed by atoms with Crippen molar-refractivity contribution in [2.75, 3.05) is 13.1 Å². The van der Waals surface area contributed by atoms with E-state index in [0.717, 1.165) is 6.42 Å². The van der Waals surface area contributed by atoms with Crippen LogP contribution in [-0.2, 0) is 19.1 Å². The summed E-state index contributed by atoms with van der Waals surface area (Å²) in [4.78, 5) is 37.0. The first kappa shape index (κ1) is 22.9. The van der Waals surface area contributed by atoms with Crippen LogP contribution in [0.1, 0.15) is 33.6 Å². The highest BCUT2D eigenvalue weighted by molar-refractivity contribution is 8.03. The van der Waals surface area contributed by atoms with Gasteiger partial charge in [0.15, 0.2) is 0 Å². The van der Waals surface area contributed by atoms with Crippen molar-refractivity contribution in [3.63, 3.8) is 0 Å². The molecule has 0 aromatic carbocycles. The van der Waals surface area contributed by atoms with Crippen LogP contribution in [-0.4, -0.2) is 75.8 Å². The molecular formula is C19H29N3O7S. The van der Waals surface area contributed by atoms with E-state index in [4.69, 9.17) is 20.3 Å². The van der Waals surface area contributed by atoms with Gasteiger partial charge in [-0.05, 0) is 13.3 Å². The second-order valence-corrected chi connectivity index (χ2v) is 9.42. The number of nitrogens with two attached hydrogens (primary N) is 1. The van der Waals surface area contributed by atoms with Crippen molar-refractivity contribution in [1.82, 2.24) is 10.2 Å². The van der Waals surface area contributed by atoms with Crippen molar-refractivity contribution in [3.8, 4) is 0 Å². The molecule has 0 bridgehead atoms. The lowest BCUT2D eigenvalue weighted by Crippen LogP contribution is -2.63. The lowest BCUT2D eigenvalue weighted by molar-refractivity contribution is -0.163. The van der Waals surface area contributed by atoms with Crippen LogP contribution in [0.15, 0.2) is 10.8 Å². The monoisotopic (exact) mass is 443 g/mol. The molecule has 0 aliphatic carbocycles. The Labute approximate surface area is 179 Å². The second kappa shape index (κ2) is 9.13. The number of nitrogens with zero attached hydrogens (tertiary/aromatic N) is 1. The summed E-state index contributed by atoms with van der Waals surface area (Å²) in [5.41, 5.74) is 5.69. The number of nitrogens with one attached hydrogen (secondary N) is 1. The van der Waals surface area contributed by atoms with Crippen molar-refractivity contribution >= 4 is 29.8 Å². The number of thioether (sulfide) groups is 1. The van der Waals surface area contributed by atoms with Gasteiger partial charge >= 0.3 is 12.1 Å². The van der Waals surface area contributed by atoms with E-state index in [9.17, 15) is 19.5 Å². The maximum Gasteiger partial charge on any atom is 0.512 e. The molecule has 3 heterocycles. The Morgan fingerprint density at radius 3 is 2.70 bits per heavy atom. The van der Waals surface area contributed by atoms with Gasteiger partial charge in [0, 0.05) is 43.6 Å². The van der Waals surface area contributed by atoms with Crippen LogP contribution in [0.5, 0.6) is 0 Å². The summed E-state index contributed by atoms with van der Waals surface area (Å²) in [6.07, 6.45) is -1.28. The summed E-state index contributed by atoms with van der Waals surface area (Å²) in [6.45, 7) is 5.77. The van der Waals surface area contributed by atoms with Gasteiger partial charge in [0.1, 0.15) is 6.10 Å². The molecule has 11 heteroatoms. The minimum atomic E-state index is -1.47. The van der Waals surface area contributed by atoms with Gasteiger partial charge in [-0.25, -0.2) is 4.79 Å². The van der Waals surface area contributed by atoms with E-state index in [1.54, 1.807) is 6.92 Å². The fourth-order valence-electron chi connectivity index (χ4n) is 4.58. The molecule has 1 unspecified atom stereocenters. The number of β-lactam (4-membered cyclic amide) rings is 1. The molecule has 3 aliphatic rings. The third-order valence-corrected chi connectivity index (χ3v) is 7.36. The van der Waals surface area contributed by atoms with Crippen LogP contribution in [0.2, 0.25) is 0 Å². The topological polar surface area (TPSA) is 151 Å². The molecule has 2 saturated heterocycles. The van der Waals surface area contributed by atoms with Crippen molar-refractivity contribution in [2.24, 2.45) is 17.6 Å². The molecule has 10 nitrogen and oxygen atoms in total. The number of hydrogen-bond donors (Lipinski definition) is 4. The molecule has 30 heavy (non-hydrogen) atoms. The quantitative estimate of drug-likeness (QED) is 0.307. The Balaban J connectivity index is 1.69. The number of esters is 1. The van der Waals surface area contributed by atoms with Gasteiger partial charge in [0.25, 0.3) is 0 Å². The Morgan fingerprint density at radius 2 is 2.13 bits per heavy atom. The van der Waals surface area contributed by atoms with E-state index in [-0.39, 0.29) is 53.7 Å². The van der Waals surface area contributed by atoms with Crippen LogP contribution in [0, 0.1) is 11.8 Å². The summed E-state index contributed by atoms with van der Waals surface area (Å²) in [6, 6.07) is -0.189. The van der Waals surface area contributed by atoms with Crippen LogP contribution in [0.4, 0.5) is 4.79 Å². The zero-order valence-corrected chi connectivity index (χ0v) is 18.1. The first-order valence-electron chi connectivity index (χ1n) is 10.1. The SMILES string of the molecule is CC(=O)OC(CN)C[C@@H]1C[C@H](SC2=C(OC(=O)O)N3C(=O)[C@H]([C@@H](C)O)[C@@H]3[C@H]2C)CN1. The number of aliphatic hydroxyl groups is 1. The Hall–Kier alpha value is -1.82. The molecule has 1 amide bonds. The van der Waals surface area contributed by atoms with E-state index in [1.165, 1.54) is 23.6 Å².